The second-order valence-electron chi connectivity index (χ2n) is 7.89. The molecule has 142 valence electrons. The van der Waals surface area contributed by atoms with Crippen LogP contribution in [0.15, 0.2) is 42.7 Å². The highest BCUT2D eigenvalue weighted by Crippen LogP contribution is 2.30. The Morgan fingerprint density at radius 2 is 1.81 bits per heavy atom. The van der Waals surface area contributed by atoms with Gasteiger partial charge in [0, 0.05) is 69.8 Å². The fourth-order valence-electron chi connectivity index (χ4n) is 4.20. The lowest BCUT2D eigenvalue weighted by Gasteiger charge is -2.35. The van der Waals surface area contributed by atoms with Crippen molar-refractivity contribution < 1.29 is 4.79 Å². The molecule has 4 heterocycles. The average molecular weight is 365 g/mol. The number of fused-ring (bicyclic) bond motifs is 4. The van der Waals surface area contributed by atoms with Gasteiger partial charge in [-0.2, -0.15) is 0 Å². The van der Waals surface area contributed by atoms with E-state index in [4.69, 9.17) is 0 Å². The van der Waals surface area contributed by atoms with E-state index < -0.39 is 0 Å². The van der Waals surface area contributed by atoms with Crippen molar-refractivity contribution in [3.8, 4) is 0 Å². The van der Waals surface area contributed by atoms with Crippen LogP contribution in [0.2, 0.25) is 0 Å². The van der Waals surface area contributed by atoms with E-state index in [-0.39, 0.29) is 5.91 Å². The number of carbonyl (C=O) groups excluding carboxylic acids is 1. The van der Waals surface area contributed by atoms with E-state index in [9.17, 15) is 4.79 Å². The quantitative estimate of drug-likeness (QED) is 0.832. The molecule has 3 saturated heterocycles. The molecule has 0 spiro atoms. The van der Waals surface area contributed by atoms with Gasteiger partial charge in [-0.05, 0) is 30.9 Å². The molecule has 3 aliphatic heterocycles. The lowest BCUT2D eigenvalue weighted by Crippen LogP contribution is -2.44. The van der Waals surface area contributed by atoms with Crippen LogP contribution in [-0.4, -0.2) is 65.4 Å². The van der Waals surface area contributed by atoms with Gasteiger partial charge in [0.1, 0.15) is 0 Å². The fraction of sp³-hybridized carbons (Fsp3) is 0.476. The van der Waals surface area contributed by atoms with Crippen molar-refractivity contribution in [2.75, 3.05) is 38.6 Å². The lowest BCUT2D eigenvalue weighted by atomic mass is 9.95. The van der Waals surface area contributed by atoms with Gasteiger partial charge >= 0.3 is 0 Å². The van der Waals surface area contributed by atoms with Crippen LogP contribution < -0.4 is 4.90 Å². The van der Waals surface area contributed by atoms with Crippen LogP contribution in [0.1, 0.15) is 28.8 Å². The number of nitrogens with zero attached hydrogens (tertiary/aromatic N) is 5. The van der Waals surface area contributed by atoms with Gasteiger partial charge in [0.05, 0.1) is 0 Å². The zero-order valence-electron chi connectivity index (χ0n) is 16.1. The average Bonchev–Trinajstić information content (AvgIpc) is 3.00. The van der Waals surface area contributed by atoms with Gasteiger partial charge in [0.25, 0.3) is 5.91 Å². The Balaban J connectivity index is 1.46. The molecule has 0 aliphatic carbocycles. The van der Waals surface area contributed by atoms with Gasteiger partial charge in [0.15, 0.2) is 0 Å². The highest BCUT2D eigenvalue weighted by molar-refractivity contribution is 5.94. The lowest BCUT2D eigenvalue weighted by molar-refractivity contribution is 0.0736. The van der Waals surface area contributed by atoms with Gasteiger partial charge in [-0.3, -0.25) is 9.69 Å². The number of aromatic nitrogens is 2. The van der Waals surface area contributed by atoms with Crippen LogP contribution in [0.3, 0.4) is 0 Å². The summed E-state index contributed by atoms with van der Waals surface area (Å²) in [5, 5.41) is 0. The molecule has 3 aliphatic rings. The van der Waals surface area contributed by atoms with Crippen molar-refractivity contribution in [2.45, 2.75) is 25.4 Å². The summed E-state index contributed by atoms with van der Waals surface area (Å²) in [5.74, 6) is 1.43. The molecule has 1 aromatic heterocycles. The molecule has 1 aromatic carbocycles. The molecule has 2 aromatic rings. The topological polar surface area (TPSA) is 52.6 Å². The number of hydrogen-bond donors (Lipinski definition) is 0. The van der Waals surface area contributed by atoms with Gasteiger partial charge in [0.2, 0.25) is 5.95 Å². The van der Waals surface area contributed by atoms with Crippen molar-refractivity contribution in [1.82, 2.24) is 19.8 Å². The van der Waals surface area contributed by atoms with Crippen molar-refractivity contribution in [1.29, 1.82) is 0 Å². The van der Waals surface area contributed by atoms with Crippen LogP contribution in [0.4, 0.5) is 5.95 Å². The number of rotatable bonds is 4. The number of carbonyl (C=O) groups is 1. The van der Waals surface area contributed by atoms with E-state index in [1.54, 1.807) is 0 Å². The second kappa shape index (κ2) is 7.64. The minimum absolute atomic E-state index is 0.160. The van der Waals surface area contributed by atoms with E-state index >= 15 is 0 Å². The predicted molar refractivity (Wildman–Crippen MR) is 106 cm³/mol. The first-order valence-electron chi connectivity index (χ1n) is 9.67. The van der Waals surface area contributed by atoms with Crippen LogP contribution in [0.25, 0.3) is 0 Å². The van der Waals surface area contributed by atoms with Crippen molar-refractivity contribution in [3.63, 3.8) is 0 Å². The second-order valence-corrected chi connectivity index (χ2v) is 7.89. The van der Waals surface area contributed by atoms with Crippen LogP contribution >= 0.6 is 0 Å². The highest BCUT2D eigenvalue weighted by atomic mass is 16.2. The molecule has 0 radical (unpaired) electrons. The zero-order chi connectivity index (χ0) is 18.8. The van der Waals surface area contributed by atoms with Crippen LogP contribution in [0.5, 0.6) is 0 Å². The van der Waals surface area contributed by atoms with Crippen LogP contribution in [0, 0.1) is 5.92 Å². The van der Waals surface area contributed by atoms with Crippen molar-refractivity contribution in [2.24, 2.45) is 5.92 Å². The van der Waals surface area contributed by atoms with E-state index in [1.807, 2.05) is 61.7 Å². The SMILES string of the molecule is CN(C)c1ncc(CN2C[C@H]3CC[C@@H]2CN(C(=O)c2ccccc2)C3)cn1. The van der Waals surface area contributed by atoms with Gasteiger partial charge in [-0.15, -0.1) is 0 Å². The fourth-order valence-corrected chi connectivity index (χ4v) is 4.20. The zero-order valence-corrected chi connectivity index (χ0v) is 16.1. The summed E-state index contributed by atoms with van der Waals surface area (Å²) in [7, 11) is 3.89. The Bertz CT molecular complexity index is 777. The molecule has 5 rings (SSSR count). The van der Waals surface area contributed by atoms with Crippen LogP contribution in [-0.2, 0) is 6.54 Å². The Kier molecular flexibility index (Phi) is 5.07. The predicted octanol–water partition coefficient (Wildman–Crippen LogP) is 2.28. The molecule has 6 nitrogen and oxygen atoms in total. The summed E-state index contributed by atoms with van der Waals surface area (Å²) < 4.78 is 0. The number of benzene rings is 1. The molecule has 3 fully saturated rings. The summed E-state index contributed by atoms with van der Waals surface area (Å²) in [6.07, 6.45) is 6.21. The molecule has 6 heteroatoms. The first-order chi connectivity index (χ1) is 13.1. The molecule has 27 heavy (non-hydrogen) atoms. The van der Waals surface area contributed by atoms with E-state index in [1.165, 1.54) is 6.42 Å². The smallest absolute Gasteiger partial charge is 0.253 e. The molecule has 2 bridgehead atoms. The largest absolute Gasteiger partial charge is 0.347 e. The summed E-state index contributed by atoms with van der Waals surface area (Å²) in [5.41, 5.74) is 1.92. The van der Waals surface area contributed by atoms with Crippen molar-refractivity contribution >= 4 is 11.9 Å². The molecule has 0 unspecified atom stereocenters. The Labute approximate surface area is 160 Å². The number of anilines is 1. The molecular weight excluding hydrogens is 338 g/mol. The summed E-state index contributed by atoms with van der Waals surface area (Å²) >= 11 is 0. The maximum atomic E-state index is 12.9. The minimum Gasteiger partial charge on any atom is -0.347 e. The third-order valence-electron chi connectivity index (χ3n) is 5.61. The summed E-state index contributed by atoms with van der Waals surface area (Å²) in [4.78, 5) is 28.3. The Morgan fingerprint density at radius 1 is 1.07 bits per heavy atom. The maximum Gasteiger partial charge on any atom is 0.253 e. The van der Waals surface area contributed by atoms with Crippen molar-refractivity contribution in [3.05, 3.63) is 53.9 Å². The molecule has 0 N–H and O–H groups in total. The Hall–Kier alpha value is -2.47. The number of amides is 1. The third kappa shape index (κ3) is 3.95. The summed E-state index contributed by atoms with van der Waals surface area (Å²) in [6, 6.07) is 10.1. The van der Waals surface area contributed by atoms with E-state index in [2.05, 4.69) is 19.8 Å². The first kappa shape index (κ1) is 17.9. The van der Waals surface area contributed by atoms with Gasteiger partial charge in [-0.25, -0.2) is 9.97 Å². The Morgan fingerprint density at radius 3 is 2.52 bits per heavy atom. The van der Waals surface area contributed by atoms with Gasteiger partial charge < -0.3 is 9.80 Å². The maximum absolute atomic E-state index is 12.9. The van der Waals surface area contributed by atoms with E-state index in [0.29, 0.717) is 12.0 Å². The molecule has 0 saturated carbocycles. The standard InChI is InChI=1S/C21H27N5O/c1-24(2)21-22-10-17(11-23-21)14-25-12-16-8-9-19(25)15-26(13-16)20(27)18-6-4-3-5-7-18/h3-7,10-11,16,19H,8-9,12-15H2,1-2H3/t16-,19-/m1/s1. The summed E-state index contributed by atoms with van der Waals surface area (Å²) in [6.45, 7) is 3.55. The van der Waals surface area contributed by atoms with Gasteiger partial charge in [-0.1, -0.05) is 18.2 Å². The normalized spacial score (nSPS) is 22.5. The first-order valence-corrected chi connectivity index (χ1v) is 9.67. The third-order valence-corrected chi connectivity index (χ3v) is 5.61. The van der Waals surface area contributed by atoms with E-state index in [0.717, 1.165) is 49.7 Å². The number of hydrogen-bond acceptors (Lipinski definition) is 5. The monoisotopic (exact) mass is 365 g/mol. The molecular formula is C21H27N5O. The highest BCUT2D eigenvalue weighted by Gasteiger charge is 2.36. The molecule has 2 atom stereocenters. The number of piperidine rings is 1. The minimum atomic E-state index is 0.160. The molecule has 1 amide bonds.